The molecule has 0 unspecified atom stereocenters. The molecule has 2 rings (SSSR count). The average Bonchev–Trinajstić information content (AvgIpc) is 2.27. The second kappa shape index (κ2) is 5.55. The van der Waals surface area contributed by atoms with Crippen molar-refractivity contribution < 1.29 is 4.74 Å². The molecule has 0 saturated heterocycles. The Morgan fingerprint density at radius 1 is 1.56 bits per heavy atom. The van der Waals surface area contributed by atoms with Crippen molar-refractivity contribution in [3.8, 4) is 0 Å². The van der Waals surface area contributed by atoms with Gasteiger partial charge in [0, 0.05) is 29.4 Å². The number of thiocarbonyl (C=S) groups is 1. The zero-order valence-electron chi connectivity index (χ0n) is 10.3. The number of hydrogen-bond acceptors (Lipinski definition) is 3. The summed E-state index contributed by atoms with van der Waals surface area (Å²) in [6.07, 6.45) is 3.44. The van der Waals surface area contributed by atoms with E-state index in [0.717, 1.165) is 35.1 Å². The highest BCUT2D eigenvalue weighted by atomic mass is 79.9. The monoisotopic (exact) mass is 328 g/mol. The lowest BCUT2D eigenvalue weighted by atomic mass is 9.80. The molecule has 1 saturated carbocycles. The van der Waals surface area contributed by atoms with Crippen molar-refractivity contribution in [2.24, 2.45) is 5.73 Å². The molecule has 0 radical (unpaired) electrons. The molecule has 3 N–H and O–H groups in total. The van der Waals surface area contributed by atoms with Crippen LogP contribution in [-0.2, 0) is 4.74 Å². The lowest BCUT2D eigenvalue weighted by molar-refractivity contribution is -0.0601. The van der Waals surface area contributed by atoms with Crippen LogP contribution in [-0.4, -0.2) is 24.2 Å². The molecule has 1 aliphatic carbocycles. The third-order valence-corrected chi connectivity index (χ3v) is 4.42. The van der Waals surface area contributed by atoms with Crippen molar-refractivity contribution in [1.29, 1.82) is 0 Å². The van der Waals surface area contributed by atoms with Gasteiger partial charge < -0.3 is 15.8 Å². The Morgan fingerprint density at radius 3 is 2.78 bits per heavy atom. The van der Waals surface area contributed by atoms with Crippen LogP contribution in [0, 0.1) is 0 Å². The first kappa shape index (κ1) is 13.8. The highest BCUT2D eigenvalue weighted by molar-refractivity contribution is 9.10. The third-order valence-electron chi connectivity index (χ3n) is 3.56. The van der Waals surface area contributed by atoms with E-state index in [4.69, 9.17) is 22.7 Å². The standard InChI is InChI=1S/C13H17BrN2OS/c1-17-13(6-3-7-13)8-16-10-5-2-4-9(14)11(10)12(15)18/h2,4-5,16H,3,6-8H2,1H3,(H2,15,18). The van der Waals surface area contributed by atoms with Crippen LogP contribution in [0.5, 0.6) is 0 Å². The first-order valence-electron chi connectivity index (χ1n) is 5.95. The fraction of sp³-hybridized carbons (Fsp3) is 0.462. The SMILES string of the molecule is COC1(CNc2cccc(Br)c2C(N)=S)CCC1. The summed E-state index contributed by atoms with van der Waals surface area (Å²) in [5.74, 6) is 0. The normalized spacial score (nSPS) is 17.0. The third kappa shape index (κ3) is 2.68. The van der Waals surface area contributed by atoms with Crippen LogP contribution in [0.1, 0.15) is 24.8 Å². The van der Waals surface area contributed by atoms with Crippen LogP contribution in [0.25, 0.3) is 0 Å². The van der Waals surface area contributed by atoms with Gasteiger partial charge in [0.2, 0.25) is 0 Å². The van der Waals surface area contributed by atoms with Crippen molar-refractivity contribution >= 4 is 38.8 Å². The van der Waals surface area contributed by atoms with Gasteiger partial charge in [-0.3, -0.25) is 0 Å². The predicted molar refractivity (Wildman–Crippen MR) is 82.1 cm³/mol. The molecule has 1 aliphatic rings. The Bertz CT molecular complexity index is 455. The average molecular weight is 329 g/mol. The maximum atomic E-state index is 5.76. The number of benzene rings is 1. The summed E-state index contributed by atoms with van der Waals surface area (Å²) in [6.45, 7) is 0.787. The zero-order chi connectivity index (χ0) is 13.2. The lowest BCUT2D eigenvalue weighted by Gasteiger charge is -2.40. The van der Waals surface area contributed by atoms with Crippen LogP contribution in [0.4, 0.5) is 5.69 Å². The number of anilines is 1. The van der Waals surface area contributed by atoms with Crippen molar-refractivity contribution in [3.63, 3.8) is 0 Å². The Labute approximate surface area is 121 Å². The van der Waals surface area contributed by atoms with Gasteiger partial charge in [-0.05, 0) is 47.3 Å². The van der Waals surface area contributed by atoms with E-state index >= 15 is 0 Å². The summed E-state index contributed by atoms with van der Waals surface area (Å²) in [5.41, 5.74) is 7.56. The molecule has 1 aromatic carbocycles. The largest absolute Gasteiger partial charge is 0.389 e. The van der Waals surface area contributed by atoms with E-state index < -0.39 is 0 Å². The molecule has 18 heavy (non-hydrogen) atoms. The minimum absolute atomic E-state index is 0.0181. The van der Waals surface area contributed by atoms with Crippen molar-refractivity contribution in [3.05, 3.63) is 28.2 Å². The molecule has 3 nitrogen and oxygen atoms in total. The number of ether oxygens (including phenoxy) is 1. The number of nitrogens with one attached hydrogen (secondary N) is 1. The Kier molecular flexibility index (Phi) is 4.25. The highest BCUT2D eigenvalue weighted by Crippen LogP contribution is 2.35. The van der Waals surface area contributed by atoms with Gasteiger partial charge in [0.05, 0.1) is 5.60 Å². The smallest absolute Gasteiger partial charge is 0.107 e. The second-order valence-corrected chi connectivity index (χ2v) is 5.92. The van der Waals surface area contributed by atoms with Gasteiger partial charge in [0.15, 0.2) is 0 Å². The van der Waals surface area contributed by atoms with E-state index in [9.17, 15) is 0 Å². The fourth-order valence-corrected chi connectivity index (χ4v) is 3.13. The summed E-state index contributed by atoms with van der Waals surface area (Å²) in [7, 11) is 1.77. The molecular weight excluding hydrogens is 312 g/mol. The van der Waals surface area contributed by atoms with Crippen LogP contribution in [0.15, 0.2) is 22.7 Å². The molecule has 5 heteroatoms. The van der Waals surface area contributed by atoms with Crippen LogP contribution < -0.4 is 11.1 Å². The van der Waals surface area contributed by atoms with Crippen molar-refractivity contribution in [2.45, 2.75) is 24.9 Å². The molecule has 0 atom stereocenters. The molecule has 1 fully saturated rings. The van der Waals surface area contributed by atoms with Gasteiger partial charge in [0.1, 0.15) is 4.99 Å². The molecule has 1 aromatic rings. The molecule has 0 spiro atoms. The Hall–Kier alpha value is -0.650. The summed E-state index contributed by atoms with van der Waals surface area (Å²) >= 11 is 8.57. The molecule has 0 amide bonds. The van der Waals surface area contributed by atoms with Gasteiger partial charge >= 0.3 is 0 Å². The van der Waals surface area contributed by atoms with Crippen LogP contribution in [0.2, 0.25) is 0 Å². The van der Waals surface area contributed by atoms with Gasteiger partial charge in [-0.25, -0.2) is 0 Å². The minimum Gasteiger partial charge on any atom is -0.389 e. The van der Waals surface area contributed by atoms with Gasteiger partial charge in [-0.2, -0.15) is 0 Å². The molecule has 0 heterocycles. The van der Waals surface area contributed by atoms with E-state index in [1.54, 1.807) is 7.11 Å². The van der Waals surface area contributed by atoms with E-state index in [-0.39, 0.29) is 5.60 Å². The van der Waals surface area contributed by atoms with Gasteiger partial charge in [0.25, 0.3) is 0 Å². The first-order chi connectivity index (χ1) is 8.58. The lowest BCUT2D eigenvalue weighted by Crippen LogP contribution is -2.45. The number of nitrogens with two attached hydrogens (primary N) is 1. The summed E-state index contributed by atoms with van der Waals surface area (Å²) in [4.78, 5) is 0.394. The number of methoxy groups -OCH3 is 1. The Balaban J connectivity index is 2.14. The predicted octanol–water partition coefficient (Wildman–Crippen LogP) is 3.06. The van der Waals surface area contributed by atoms with Crippen molar-refractivity contribution in [1.82, 2.24) is 0 Å². The zero-order valence-corrected chi connectivity index (χ0v) is 12.7. The quantitative estimate of drug-likeness (QED) is 0.815. The summed E-state index contributed by atoms with van der Waals surface area (Å²) in [5, 5.41) is 3.41. The van der Waals surface area contributed by atoms with Crippen LogP contribution >= 0.6 is 28.1 Å². The summed E-state index contributed by atoms with van der Waals surface area (Å²) in [6, 6.07) is 5.89. The molecular formula is C13H17BrN2OS. The summed E-state index contributed by atoms with van der Waals surface area (Å²) < 4.78 is 6.50. The first-order valence-corrected chi connectivity index (χ1v) is 7.15. The number of hydrogen-bond donors (Lipinski definition) is 2. The molecule has 0 aliphatic heterocycles. The maximum Gasteiger partial charge on any atom is 0.107 e. The number of halogens is 1. The molecule has 0 aromatic heterocycles. The number of rotatable bonds is 5. The minimum atomic E-state index is -0.0181. The van der Waals surface area contributed by atoms with E-state index in [1.807, 2.05) is 18.2 Å². The second-order valence-electron chi connectivity index (χ2n) is 4.62. The molecule has 0 bridgehead atoms. The molecule has 98 valence electrons. The fourth-order valence-electron chi connectivity index (χ4n) is 2.20. The van der Waals surface area contributed by atoms with Crippen LogP contribution in [0.3, 0.4) is 0 Å². The highest BCUT2D eigenvalue weighted by Gasteiger charge is 2.36. The topological polar surface area (TPSA) is 47.3 Å². The Morgan fingerprint density at radius 2 is 2.28 bits per heavy atom. The van der Waals surface area contributed by atoms with Gasteiger partial charge in [-0.15, -0.1) is 0 Å². The maximum absolute atomic E-state index is 5.76. The van der Waals surface area contributed by atoms with E-state index in [1.165, 1.54) is 6.42 Å². The van der Waals surface area contributed by atoms with Crippen molar-refractivity contribution in [2.75, 3.05) is 19.0 Å². The van der Waals surface area contributed by atoms with Gasteiger partial charge in [-0.1, -0.05) is 18.3 Å². The van der Waals surface area contributed by atoms with E-state index in [2.05, 4.69) is 21.2 Å². The van der Waals surface area contributed by atoms with E-state index in [0.29, 0.717) is 4.99 Å².